The maximum absolute atomic E-state index is 13.9. The molecule has 0 N–H and O–H groups in total. The lowest BCUT2D eigenvalue weighted by atomic mass is 10.00. The molecule has 178 valence electrons. The number of hydrogen-bond donors (Lipinski definition) is 0. The molecule has 2 aromatic heterocycles. The molecule has 0 amide bonds. The van der Waals surface area contributed by atoms with Crippen molar-refractivity contribution in [3.63, 3.8) is 0 Å². The second kappa shape index (κ2) is 10.3. The molecule has 3 aromatic carbocycles. The van der Waals surface area contributed by atoms with Crippen LogP contribution in [0.15, 0.2) is 109 Å². The summed E-state index contributed by atoms with van der Waals surface area (Å²) >= 11 is 0. The first-order chi connectivity index (χ1) is 17.6. The molecule has 5 aromatic rings. The van der Waals surface area contributed by atoms with Gasteiger partial charge < -0.3 is 13.9 Å². The van der Waals surface area contributed by atoms with Crippen LogP contribution in [0, 0.1) is 0 Å². The highest BCUT2D eigenvalue weighted by atomic mass is 16.5. The van der Waals surface area contributed by atoms with Gasteiger partial charge in [0.1, 0.15) is 18.1 Å². The molecule has 0 aliphatic rings. The van der Waals surface area contributed by atoms with Gasteiger partial charge in [-0.25, -0.2) is 4.79 Å². The van der Waals surface area contributed by atoms with Crippen LogP contribution in [0.1, 0.15) is 38.9 Å². The molecule has 36 heavy (non-hydrogen) atoms. The van der Waals surface area contributed by atoms with Crippen molar-refractivity contribution in [3.05, 3.63) is 132 Å². The van der Waals surface area contributed by atoms with Crippen LogP contribution in [0.2, 0.25) is 0 Å². The van der Waals surface area contributed by atoms with Crippen molar-refractivity contribution in [2.24, 2.45) is 0 Å². The summed E-state index contributed by atoms with van der Waals surface area (Å²) < 4.78 is 12.9. The van der Waals surface area contributed by atoms with Crippen molar-refractivity contribution in [1.29, 1.82) is 0 Å². The van der Waals surface area contributed by atoms with Gasteiger partial charge in [0, 0.05) is 22.8 Å². The zero-order valence-electron chi connectivity index (χ0n) is 19.9. The zero-order chi connectivity index (χ0) is 24.9. The van der Waals surface area contributed by atoms with Crippen molar-refractivity contribution in [3.8, 4) is 16.9 Å². The number of ketones is 1. The van der Waals surface area contributed by atoms with E-state index in [0.717, 1.165) is 22.2 Å². The van der Waals surface area contributed by atoms with Crippen molar-refractivity contribution >= 4 is 17.3 Å². The van der Waals surface area contributed by atoms with E-state index in [0.29, 0.717) is 35.8 Å². The van der Waals surface area contributed by atoms with Crippen LogP contribution in [0.4, 0.5) is 0 Å². The summed E-state index contributed by atoms with van der Waals surface area (Å²) in [4.78, 5) is 26.2. The van der Waals surface area contributed by atoms with Crippen molar-refractivity contribution in [2.45, 2.75) is 13.5 Å². The molecule has 5 heteroatoms. The van der Waals surface area contributed by atoms with Gasteiger partial charge in [-0.1, -0.05) is 72.8 Å². The van der Waals surface area contributed by atoms with E-state index in [4.69, 9.17) is 9.47 Å². The predicted octanol–water partition coefficient (Wildman–Crippen LogP) is 6.59. The van der Waals surface area contributed by atoms with Gasteiger partial charge in [-0.3, -0.25) is 4.79 Å². The number of benzene rings is 3. The van der Waals surface area contributed by atoms with Crippen molar-refractivity contribution < 1.29 is 19.1 Å². The van der Waals surface area contributed by atoms with E-state index >= 15 is 0 Å². The molecule has 0 unspecified atom stereocenters. The number of pyridine rings is 1. The average molecular weight is 476 g/mol. The van der Waals surface area contributed by atoms with E-state index < -0.39 is 5.97 Å². The molecule has 0 atom stereocenters. The molecule has 0 aliphatic carbocycles. The van der Waals surface area contributed by atoms with Crippen LogP contribution in [-0.2, 0) is 11.3 Å². The highest BCUT2D eigenvalue weighted by molar-refractivity contribution is 6.13. The Bertz CT molecular complexity index is 1520. The standard InChI is InChI=1S/C31H25NO4/c1-2-35-31(34)25-16-17-32-26(18-25)20-28(23-12-7-4-8-13-23)29(32)30(33)24-14-9-15-27(19-24)36-21-22-10-5-3-6-11-22/h3-20H,2,21H2,1H3. The van der Waals surface area contributed by atoms with E-state index in [1.54, 1.807) is 37.4 Å². The summed E-state index contributed by atoms with van der Waals surface area (Å²) in [5, 5.41) is 0. The van der Waals surface area contributed by atoms with Gasteiger partial charge in [-0.2, -0.15) is 0 Å². The smallest absolute Gasteiger partial charge is 0.338 e. The van der Waals surface area contributed by atoms with Crippen LogP contribution in [0.25, 0.3) is 16.6 Å². The Labute approximate surface area is 209 Å². The molecule has 0 spiro atoms. The van der Waals surface area contributed by atoms with Crippen LogP contribution in [-0.4, -0.2) is 22.8 Å². The number of esters is 1. The molecule has 0 radical (unpaired) electrons. The average Bonchev–Trinajstić information content (AvgIpc) is 3.32. The van der Waals surface area contributed by atoms with E-state index in [1.807, 2.05) is 83.3 Å². The summed E-state index contributed by atoms with van der Waals surface area (Å²) in [6.07, 6.45) is 1.75. The monoisotopic (exact) mass is 475 g/mol. The summed E-state index contributed by atoms with van der Waals surface area (Å²) in [5.74, 6) is 0.0953. The first kappa shape index (κ1) is 23.1. The number of hydrogen-bond acceptors (Lipinski definition) is 4. The molecule has 0 saturated heterocycles. The van der Waals surface area contributed by atoms with Gasteiger partial charge in [0.25, 0.3) is 0 Å². The second-order valence-electron chi connectivity index (χ2n) is 8.33. The molecular formula is C31H25NO4. The van der Waals surface area contributed by atoms with E-state index in [2.05, 4.69) is 0 Å². The van der Waals surface area contributed by atoms with E-state index in [1.165, 1.54) is 0 Å². The lowest BCUT2D eigenvalue weighted by Crippen LogP contribution is -2.09. The highest BCUT2D eigenvalue weighted by Gasteiger charge is 2.22. The maximum atomic E-state index is 13.9. The van der Waals surface area contributed by atoms with Crippen molar-refractivity contribution in [1.82, 2.24) is 4.40 Å². The van der Waals surface area contributed by atoms with Gasteiger partial charge in [-0.05, 0) is 48.4 Å². The fourth-order valence-corrected chi connectivity index (χ4v) is 4.19. The Hall–Kier alpha value is -4.64. The molecule has 5 nitrogen and oxygen atoms in total. The first-order valence-electron chi connectivity index (χ1n) is 11.8. The first-order valence-corrected chi connectivity index (χ1v) is 11.8. The van der Waals surface area contributed by atoms with Crippen LogP contribution < -0.4 is 4.74 Å². The van der Waals surface area contributed by atoms with Gasteiger partial charge >= 0.3 is 5.97 Å². The Morgan fingerprint density at radius 1 is 0.778 bits per heavy atom. The minimum Gasteiger partial charge on any atom is -0.489 e. The lowest BCUT2D eigenvalue weighted by molar-refractivity contribution is 0.0526. The van der Waals surface area contributed by atoms with Gasteiger partial charge in [-0.15, -0.1) is 0 Å². The van der Waals surface area contributed by atoms with Gasteiger partial charge in [0.05, 0.1) is 12.2 Å². The van der Waals surface area contributed by atoms with Crippen LogP contribution in [0.3, 0.4) is 0 Å². The van der Waals surface area contributed by atoms with Crippen LogP contribution in [0.5, 0.6) is 5.75 Å². The van der Waals surface area contributed by atoms with E-state index in [9.17, 15) is 9.59 Å². The largest absolute Gasteiger partial charge is 0.489 e. The van der Waals surface area contributed by atoms with Gasteiger partial charge in [0.2, 0.25) is 5.78 Å². The summed E-state index contributed by atoms with van der Waals surface area (Å²) in [5.41, 5.74) is 4.97. The number of fused-ring (bicyclic) bond motifs is 1. The molecule has 2 heterocycles. The van der Waals surface area contributed by atoms with Crippen LogP contribution >= 0.6 is 0 Å². The number of aromatic nitrogens is 1. The summed E-state index contributed by atoms with van der Waals surface area (Å²) in [6, 6.07) is 32.2. The zero-order valence-corrected chi connectivity index (χ0v) is 19.9. The fraction of sp³-hybridized carbons (Fsp3) is 0.0968. The Kier molecular flexibility index (Phi) is 6.63. The number of ether oxygens (including phenoxy) is 2. The Morgan fingerprint density at radius 2 is 1.53 bits per heavy atom. The normalized spacial score (nSPS) is 10.8. The van der Waals surface area contributed by atoms with Gasteiger partial charge in [0.15, 0.2) is 0 Å². The Balaban J connectivity index is 1.54. The third kappa shape index (κ3) is 4.77. The number of carbonyl (C=O) groups excluding carboxylic acids is 2. The topological polar surface area (TPSA) is 57.0 Å². The number of carbonyl (C=O) groups is 2. The molecule has 0 aliphatic heterocycles. The molecule has 0 fully saturated rings. The number of nitrogens with zero attached hydrogens (tertiary/aromatic N) is 1. The number of rotatable bonds is 8. The molecule has 0 bridgehead atoms. The lowest BCUT2D eigenvalue weighted by Gasteiger charge is -2.10. The molecule has 5 rings (SSSR count). The van der Waals surface area contributed by atoms with E-state index in [-0.39, 0.29) is 5.78 Å². The fourth-order valence-electron chi connectivity index (χ4n) is 4.19. The summed E-state index contributed by atoms with van der Waals surface area (Å²) in [6.45, 7) is 2.49. The molecular weight excluding hydrogens is 450 g/mol. The highest BCUT2D eigenvalue weighted by Crippen LogP contribution is 2.31. The quantitative estimate of drug-likeness (QED) is 0.188. The third-order valence-electron chi connectivity index (χ3n) is 5.93. The minimum atomic E-state index is -0.390. The second-order valence-corrected chi connectivity index (χ2v) is 8.33. The minimum absolute atomic E-state index is 0.136. The SMILES string of the molecule is CCOC(=O)c1ccn2c(C(=O)c3cccc(OCc4ccccc4)c3)c(-c3ccccc3)cc2c1. The predicted molar refractivity (Wildman–Crippen MR) is 139 cm³/mol. The molecule has 0 saturated carbocycles. The Morgan fingerprint density at radius 3 is 2.28 bits per heavy atom. The maximum Gasteiger partial charge on any atom is 0.338 e. The third-order valence-corrected chi connectivity index (χ3v) is 5.93. The summed E-state index contributed by atoms with van der Waals surface area (Å²) in [7, 11) is 0. The van der Waals surface area contributed by atoms with Crippen molar-refractivity contribution in [2.75, 3.05) is 6.61 Å².